The molecule has 4 nitrogen and oxygen atoms in total. The molecule has 1 aliphatic heterocycles. The van der Waals surface area contributed by atoms with Crippen LogP contribution in [0.3, 0.4) is 0 Å². The van der Waals surface area contributed by atoms with Crippen molar-refractivity contribution in [3.05, 3.63) is 217 Å². The maximum Gasteiger partial charge on any atom is 0.164 e. The average molecular weight is 661 g/mol. The number of fused-ring (bicyclic) bond motifs is 1. The molecule has 0 saturated heterocycles. The van der Waals surface area contributed by atoms with Crippen LogP contribution in [0.25, 0.3) is 34.2 Å². The Morgan fingerprint density at radius 1 is 0.667 bits per heavy atom. The molecule has 0 fully saturated rings. The maximum absolute atomic E-state index is 5.06. The van der Waals surface area contributed by atoms with Crippen LogP contribution in [0, 0.1) is 0 Å². The molecule has 0 radical (unpaired) electrons. The van der Waals surface area contributed by atoms with Gasteiger partial charge in [0.2, 0.25) is 0 Å². The molecule has 248 valence electrons. The Bertz CT molecular complexity index is 2180. The van der Waals surface area contributed by atoms with Crippen LogP contribution in [0.4, 0.5) is 5.69 Å². The van der Waals surface area contributed by atoms with Gasteiger partial charge in [0, 0.05) is 33.8 Å². The highest BCUT2D eigenvalue weighted by atomic mass is 15.2. The Kier molecular flexibility index (Phi) is 10.3. The third kappa shape index (κ3) is 7.76. The van der Waals surface area contributed by atoms with Crippen LogP contribution >= 0.6 is 0 Å². The van der Waals surface area contributed by atoms with Crippen molar-refractivity contribution in [1.82, 2.24) is 15.0 Å². The number of benzene rings is 4. The molecule has 0 atom stereocenters. The SMILES string of the molecule is C=C\C=C/C=C(Cc1ccccc1-c1nc(-c2ccccc2)nc(-c2ccccc2)n1)/C1=C/Cc2ccccc2N(C2=CCCC=C2)C(=C)/C=C\1. The summed E-state index contributed by atoms with van der Waals surface area (Å²) in [6.07, 6.45) is 25.0. The quantitative estimate of drug-likeness (QED) is 0.148. The normalized spacial score (nSPS) is 16.4. The standard InChI is InChI=1S/C47H40N4/c1-3-4-8-24-40(36-31-30-35(2)51(42-26-13-7-14-27-42)44-29-18-16-19-37(44)33-32-36)34-41-25-15-17-28-43(41)47-49-45(38-20-9-5-10-21-38)48-46(50-47)39-22-11-6-12-23-39/h3-6,8-13,15-32H,1-2,7,14,33-34H2/b8-4-,31-30-,36-32+,40-24+. The lowest BCUT2D eigenvalue weighted by Gasteiger charge is -2.29. The highest BCUT2D eigenvalue weighted by molar-refractivity contribution is 5.70. The summed E-state index contributed by atoms with van der Waals surface area (Å²) < 4.78 is 0. The molecule has 7 rings (SSSR count). The van der Waals surface area contributed by atoms with Crippen LogP contribution in [0.15, 0.2) is 206 Å². The van der Waals surface area contributed by atoms with Crippen LogP contribution in [0.1, 0.15) is 24.0 Å². The fourth-order valence-corrected chi connectivity index (χ4v) is 6.45. The zero-order chi connectivity index (χ0) is 34.8. The zero-order valence-electron chi connectivity index (χ0n) is 28.7. The van der Waals surface area contributed by atoms with E-state index >= 15 is 0 Å². The third-order valence-corrected chi connectivity index (χ3v) is 9.00. The molecular weight excluding hydrogens is 621 g/mol. The van der Waals surface area contributed by atoms with Gasteiger partial charge in [0.15, 0.2) is 17.5 Å². The molecule has 1 aromatic heterocycles. The smallest absolute Gasteiger partial charge is 0.164 e. The number of para-hydroxylation sites is 1. The van der Waals surface area contributed by atoms with Gasteiger partial charge in [-0.25, -0.2) is 15.0 Å². The summed E-state index contributed by atoms with van der Waals surface area (Å²) in [5, 5.41) is 0. The minimum atomic E-state index is 0.644. The summed E-state index contributed by atoms with van der Waals surface area (Å²) in [4.78, 5) is 17.3. The predicted octanol–water partition coefficient (Wildman–Crippen LogP) is 11.4. The molecule has 2 heterocycles. The van der Waals surface area contributed by atoms with Crippen LogP contribution in [0.5, 0.6) is 0 Å². The summed E-state index contributed by atoms with van der Waals surface area (Å²) in [5.74, 6) is 1.93. The van der Waals surface area contributed by atoms with Gasteiger partial charge in [0.1, 0.15) is 0 Å². The van der Waals surface area contributed by atoms with Crippen LogP contribution in [-0.2, 0) is 12.8 Å². The van der Waals surface area contributed by atoms with E-state index in [9.17, 15) is 0 Å². The molecule has 0 amide bonds. The van der Waals surface area contributed by atoms with E-state index in [1.54, 1.807) is 6.08 Å². The molecule has 0 unspecified atom stereocenters. The largest absolute Gasteiger partial charge is 0.311 e. The second-order valence-corrected chi connectivity index (χ2v) is 12.4. The molecule has 5 aromatic rings. The lowest BCUT2D eigenvalue weighted by Crippen LogP contribution is -2.21. The minimum absolute atomic E-state index is 0.644. The Labute approximate surface area is 301 Å². The monoisotopic (exact) mass is 660 g/mol. The first-order chi connectivity index (χ1) is 25.2. The van der Waals surface area contributed by atoms with E-state index < -0.39 is 0 Å². The van der Waals surface area contributed by atoms with Crippen molar-refractivity contribution in [1.29, 1.82) is 0 Å². The number of hydrogen-bond donors (Lipinski definition) is 0. The van der Waals surface area contributed by atoms with Gasteiger partial charge in [-0.3, -0.25) is 0 Å². The molecule has 0 bridgehead atoms. The Hall–Kier alpha value is -6.39. The van der Waals surface area contributed by atoms with Gasteiger partial charge in [0.05, 0.1) is 0 Å². The van der Waals surface area contributed by atoms with Gasteiger partial charge in [-0.05, 0) is 66.2 Å². The van der Waals surface area contributed by atoms with Crippen molar-refractivity contribution in [2.75, 3.05) is 4.90 Å². The van der Waals surface area contributed by atoms with Gasteiger partial charge in [-0.15, -0.1) is 0 Å². The number of hydrogen-bond acceptors (Lipinski definition) is 4. The van der Waals surface area contributed by atoms with Gasteiger partial charge in [-0.1, -0.05) is 165 Å². The van der Waals surface area contributed by atoms with Crippen molar-refractivity contribution in [2.45, 2.75) is 25.7 Å². The fourth-order valence-electron chi connectivity index (χ4n) is 6.45. The average Bonchev–Trinajstić information content (AvgIpc) is 3.26. The van der Waals surface area contributed by atoms with Crippen LogP contribution < -0.4 is 4.90 Å². The predicted molar refractivity (Wildman–Crippen MR) is 213 cm³/mol. The van der Waals surface area contributed by atoms with Gasteiger partial charge < -0.3 is 4.90 Å². The molecule has 4 aromatic carbocycles. The highest BCUT2D eigenvalue weighted by Crippen LogP contribution is 2.34. The van der Waals surface area contributed by atoms with E-state index in [-0.39, 0.29) is 0 Å². The number of rotatable bonds is 9. The first-order valence-electron chi connectivity index (χ1n) is 17.4. The van der Waals surface area contributed by atoms with E-state index in [4.69, 9.17) is 15.0 Å². The number of anilines is 1. The van der Waals surface area contributed by atoms with Gasteiger partial charge in [-0.2, -0.15) is 0 Å². The van der Waals surface area contributed by atoms with Crippen molar-refractivity contribution < 1.29 is 0 Å². The molecular formula is C47H40N4. The van der Waals surface area contributed by atoms with Gasteiger partial charge in [0.25, 0.3) is 0 Å². The Balaban J connectivity index is 1.31. The van der Waals surface area contributed by atoms with Crippen molar-refractivity contribution in [2.24, 2.45) is 0 Å². The summed E-state index contributed by atoms with van der Waals surface area (Å²) in [6.45, 7) is 8.46. The zero-order valence-corrected chi connectivity index (χ0v) is 28.7. The number of nitrogens with zero attached hydrogens (tertiary/aromatic N) is 4. The van der Waals surface area contributed by atoms with Crippen molar-refractivity contribution in [3.63, 3.8) is 0 Å². The van der Waals surface area contributed by atoms with E-state index in [1.165, 1.54) is 5.56 Å². The maximum atomic E-state index is 5.06. The summed E-state index contributed by atoms with van der Waals surface area (Å²) in [7, 11) is 0. The van der Waals surface area contributed by atoms with E-state index in [0.29, 0.717) is 23.9 Å². The molecule has 0 N–H and O–H groups in total. The summed E-state index contributed by atoms with van der Waals surface area (Å²) >= 11 is 0. The number of aromatic nitrogens is 3. The molecule has 51 heavy (non-hydrogen) atoms. The summed E-state index contributed by atoms with van der Waals surface area (Å²) in [6, 6.07) is 37.3. The minimum Gasteiger partial charge on any atom is -0.311 e. The van der Waals surface area contributed by atoms with Crippen LogP contribution in [0.2, 0.25) is 0 Å². The van der Waals surface area contributed by atoms with E-state index in [1.807, 2.05) is 66.7 Å². The lowest BCUT2D eigenvalue weighted by molar-refractivity contribution is 0.984. The van der Waals surface area contributed by atoms with E-state index in [2.05, 4.69) is 115 Å². The molecule has 0 saturated carbocycles. The molecule has 0 spiro atoms. The topological polar surface area (TPSA) is 41.9 Å². The Morgan fingerprint density at radius 2 is 1.33 bits per heavy atom. The fraction of sp³-hybridized carbons (Fsp3) is 0.0851. The highest BCUT2D eigenvalue weighted by Gasteiger charge is 2.20. The van der Waals surface area contributed by atoms with Crippen LogP contribution in [-0.4, -0.2) is 15.0 Å². The first-order valence-corrected chi connectivity index (χ1v) is 17.4. The van der Waals surface area contributed by atoms with Gasteiger partial charge >= 0.3 is 0 Å². The van der Waals surface area contributed by atoms with Crippen molar-refractivity contribution in [3.8, 4) is 34.2 Å². The third-order valence-electron chi connectivity index (χ3n) is 9.00. The molecule has 2 aliphatic rings. The first kappa shape index (κ1) is 33.1. The molecule has 4 heteroatoms. The lowest BCUT2D eigenvalue weighted by atomic mass is 9.92. The number of allylic oxidation sites excluding steroid dienone is 12. The Morgan fingerprint density at radius 3 is 2.04 bits per heavy atom. The molecule has 1 aliphatic carbocycles. The second kappa shape index (κ2) is 15.9. The van der Waals surface area contributed by atoms with Crippen molar-refractivity contribution >= 4 is 5.69 Å². The van der Waals surface area contributed by atoms with E-state index in [0.717, 1.165) is 69.7 Å². The second-order valence-electron chi connectivity index (χ2n) is 12.4. The summed E-state index contributed by atoms with van der Waals surface area (Å²) in [5.41, 5.74) is 10.8.